The topological polar surface area (TPSA) is 30.5 Å². The summed E-state index contributed by atoms with van der Waals surface area (Å²) in [7, 11) is 1.72. The first-order valence-electron chi connectivity index (χ1n) is 6.16. The molecule has 0 amide bonds. The minimum absolute atomic E-state index is 0.105. The van der Waals surface area contributed by atoms with E-state index in [9.17, 15) is 0 Å². The van der Waals surface area contributed by atoms with Crippen molar-refractivity contribution in [3.05, 3.63) is 0 Å². The van der Waals surface area contributed by atoms with Crippen LogP contribution in [0.25, 0.3) is 0 Å². The second-order valence-electron chi connectivity index (χ2n) is 4.41. The summed E-state index contributed by atoms with van der Waals surface area (Å²) in [6, 6.07) is 0. The Kier molecular flexibility index (Phi) is 6.22. The van der Waals surface area contributed by atoms with Crippen molar-refractivity contribution in [2.24, 2.45) is 0 Å². The molecular weight excluding hydrogens is 190 g/mol. The first-order valence-corrected chi connectivity index (χ1v) is 6.16. The Hall–Kier alpha value is -0.120. The minimum atomic E-state index is 0.105. The fourth-order valence-electron chi connectivity index (χ4n) is 2.23. The highest BCUT2D eigenvalue weighted by molar-refractivity contribution is 4.88. The fraction of sp³-hybridized carbons (Fsp3) is 1.00. The van der Waals surface area contributed by atoms with Crippen molar-refractivity contribution < 1.29 is 9.47 Å². The molecule has 0 spiro atoms. The van der Waals surface area contributed by atoms with Crippen LogP contribution in [0.5, 0.6) is 0 Å². The number of nitrogens with one attached hydrogen (secondary N) is 1. The molecule has 1 aliphatic carbocycles. The van der Waals surface area contributed by atoms with Crippen molar-refractivity contribution in [1.82, 2.24) is 5.32 Å². The molecule has 1 fully saturated rings. The van der Waals surface area contributed by atoms with E-state index in [2.05, 4.69) is 12.2 Å². The zero-order chi connectivity index (χ0) is 11.0. The van der Waals surface area contributed by atoms with Gasteiger partial charge in [0.2, 0.25) is 0 Å². The van der Waals surface area contributed by atoms with Crippen LogP contribution in [0.1, 0.15) is 39.0 Å². The first kappa shape index (κ1) is 12.9. The predicted molar refractivity (Wildman–Crippen MR) is 62.2 cm³/mol. The van der Waals surface area contributed by atoms with Gasteiger partial charge < -0.3 is 14.8 Å². The lowest BCUT2D eigenvalue weighted by Crippen LogP contribution is -2.41. The van der Waals surface area contributed by atoms with Crippen molar-refractivity contribution in [3.8, 4) is 0 Å². The summed E-state index contributed by atoms with van der Waals surface area (Å²) in [6.07, 6.45) is 6.20. The van der Waals surface area contributed by atoms with E-state index in [1.165, 1.54) is 32.1 Å². The second kappa shape index (κ2) is 7.20. The van der Waals surface area contributed by atoms with Crippen LogP contribution in [-0.2, 0) is 9.47 Å². The maximum Gasteiger partial charge on any atom is 0.0807 e. The Morgan fingerprint density at radius 3 is 2.53 bits per heavy atom. The van der Waals surface area contributed by atoms with E-state index in [1.54, 1.807) is 7.11 Å². The standard InChI is InChI=1S/C12H25NO2/c1-3-8-13-11-12(6-4-5-7-12)15-10-9-14-2/h13H,3-11H2,1-2H3. The summed E-state index contributed by atoms with van der Waals surface area (Å²) < 4.78 is 11.0. The van der Waals surface area contributed by atoms with Crippen LogP contribution in [0.2, 0.25) is 0 Å². The third kappa shape index (κ3) is 4.49. The first-order chi connectivity index (χ1) is 7.33. The Bertz CT molecular complexity index is 144. The highest BCUT2D eigenvalue weighted by Crippen LogP contribution is 2.32. The van der Waals surface area contributed by atoms with Crippen LogP contribution in [0.3, 0.4) is 0 Å². The minimum Gasteiger partial charge on any atom is -0.382 e. The molecule has 0 aromatic carbocycles. The van der Waals surface area contributed by atoms with E-state index in [0.29, 0.717) is 6.61 Å². The highest BCUT2D eigenvalue weighted by atomic mass is 16.5. The summed E-state index contributed by atoms with van der Waals surface area (Å²) in [4.78, 5) is 0. The molecule has 3 nitrogen and oxygen atoms in total. The van der Waals surface area contributed by atoms with Crippen molar-refractivity contribution in [1.29, 1.82) is 0 Å². The normalized spacial score (nSPS) is 19.6. The monoisotopic (exact) mass is 215 g/mol. The quantitative estimate of drug-likeness (QED) is 0.628. The Morgan fingerprint density at radius 2 is 1.93 bits per heavy atom. The molecule has 1 rings (SSSR count). The van der Waals surface area contributed by atoms with Crippen LogP contribution >= 0.6 is 0 Å². The van der Waals surface area contributed by atoms with Gasteiger partial charge in [-0.2, -0.15) is 0 Å². The van der Waals surface area contributed by atoms with Gasteiger partial charge in [-0.25, -0.2) is 0 Å². The zero-order valence-corrected chi connectivity index (χ0v) is 10.2. The molecule has 0 saturated heterocycles. The van der Waals surface area contributed by atoms with E-state index in [0.717, 1.165) is 19.7 Å². The molecule has 0 heterocycles. The largest absolute Gasteiger partial charge is 0.382 e. The maximum absolute atomic E-state index is 5.99. The van der Waals surface area contributed by atoms with Gasteiger partial charge in [-0.15, -0.1) is 0 Å². The number of hydrogen-bond acceptors (Lipinski definition) is 3. The number of rotatable bonds is 8. The Morgan fingerprint density at radius 1 is 1.20 bits per heavy atom. The summed E-state index contributed by atoms with van der Waals surface area (Å²) in [5.41, 5.74) is 0.105. The van der Waals surface area contributed by atoms with Gasteiger partial charge in [0.05, 0.1) is 18.8 Å². The van der Waals surface area contributed by atoms with E-state index < -0.39 is 0 Å². The Labute approximate surface area is 93.5 Å². The smallest absolute Gasteiger partial charge is 0.0807 e. The van der Waals surface area contributed by atoms with E-state index in [-0.39, 0.29) is 5.60 Å². The molecule has 0 atom stereocenters. The molecule has 1 N–H and O–H groups in total. The number of ether oxygens (including phenoxy) is 2. The van der Waals surface area contributed by atoms with Gasteiger partial charge in [0.1, 0.15) is 0 Å². The summed E-state index contributed by atoms with van der Waals surface area (Å²) >= 11 is 0. The molecule has 0 aromatic rings. The lowest BCUT2D eigenvalue weighted by molar-refractivity contribution is -0.0571. The van der Waals surface area contributed by atoms with Crippen molar-refractivity contribution in [2.45, 2.75) is 44.6 Å². The molecule has 3 heteroatoms. The van der Waals surface area contributed by atoms with Gasteiger partial charge in [0, 0.05) is 13.7 Å². The summed E-state index contributed by atoms with van der Waals surface area (Å²) in [6.45, 7) is 5.72. The van der Waals surface area contributed by atoms with Crippen LogP contribution in [0, 0.1) is 0 Å². The molecule has 90 valence electrons. The van der Waals surface area contributed by atoms with Crippen LogP contribution < -0.4 is 5.32 Å². The Balaban J connectivity index is 2.26. The number of methoxy groups -OCH3 is 1. The molecule has 15 heavy (non-hydrogen) atoms. The molecule has 1 aliphatic rings. The molecule has 0 radical (unpaired) electrons. The van der Waals surface area contributed by atoms with Gasteiger partial charge in [0.15, 0.2) is 0 Å². The van der Waals surface area contributed by atoms with Gasteiger partial charge in [-0.1, -0.05) is 19.8 Å². The molecule has 0 bridgehead atoms. The van der Waals surface area contributed by atoms with Crippen LogP contribution in [0.15, 0.2) is 0 Å². The highest BCUT2D eigenvalue weighted by Gasteiger charge is 2.34. The van der Waals surface area contributed by atoms with E-state index >= 15 is 0 Å². The SMILES string of the molecule is CCCNCC1(OCCOC)CCCC1. The molecule has 0 aromatic heterocycles. The summed E-state index contributed by atoms with van der Waals surface area (Å²) in [5.74, 6) is 0. The lowest BCUT2D eigenvalue weighted by atomic mass is 10.0. The average molecular weight is 215 g/mol. The molecule has 1 saturated carbocycles. The van der Waals surface area contributed by atoms with Crippen LogP contribution in [0.4, 0.5) is 0 Å². The lowest BCUT2D eigenvalue weighted by Gasteiger charge is -2.29. The van der Waals surface area contributed by atoms with Crippen molar-refractivity contribution >= 4 is 0 Å². The predicted octanol–water partition coefficient (Wildman–Crippen LogP) is 1.96. The third-order valence-corrected chi connectivity index (χ3v) is 3.08. The summed E-state index contributed by atoms with van der Waals surface area (Å²) in [5, 5.41) is 3.48. The van der Waals surface area contributed by atoms with E-state index in [4.69, 9.17) is 9.47 Å². The maximum atomic E-state index is 5.99. The number of hydrogen-bond donors (Lipinski definition) is 1. The fourth-order valence-corrected chi connectivity index (χ4v) is 2.23. The van der Waals surface area contributed by atoms with Gasteiger partial charge in [-0.05, 0) is 25.8 Å². The van der Waals surface area contributed by atoms with Gasteiger partial charge >= 0.3 is 0 Å². The molecule has 0 aliphatic heterocycles. The van der Waals surface area contributed by atoms with Gasteiger partial charge in [-0.3, -0.25) is 0 Å². The van der Waals surface area contributed by atoms with Crippen molar-refractivity contribution in [2.75, 3.05) is 33.4 Å². The second-order valence-corrected chi connectivity index (χ2v) is 4.41. The average Bonchev–Trinajstić information content (AvgIpc) is 2.68. The van der Waals surface area contributed by atoms with Crippen LogP contribution in [-0.4, -0.2) is 39.0 Å². The van der Waals surface area contributed by atoms with E-state index in [1.807, 2.05) is 0 Å². The van der Waals surface area contributed by atoms with Crippen molar-refractivity contribution in [3.63, 3.8) is 0 Å². The molecule has 0 unspecified atom stereocenters. The van der Waals surface area contributed by atoms with Gasteiger partial charge in [0.25, 0.3) is 0 Å². The molecular formula is C12H25NO2. The zero-order valence-electron chi connectivity index (χ0n) is 10.2. The third-order valence-electron chi connectivity index (χ3n) is 3.08.